The number of carbonyl (C=O) groups excluding carboxylic acids is 4. The van der Waals surface area contributed by atoms with Gasteiger partial charge in [0.15, 0.2) is 0 Å². The van der Waals surface area contributed by atoms with E-state index in [2.05, 4.69) is 16.0 Å². The van der Waals surface area contributed by atoms with Gasteiger partial charge in [-0.3, -0.25) is 19.2 Å². The highest BCUT2D eigenvalue weighted by Crippen LogP contribution is 2.11. The van der Waals surface area contributed by atoms with Crippen molar-refractivity contribution in [3.63, 3.8) is 0 Å². The van der Waals surface area contributed by atoms with Gasteiger partial charge in [0.1, 0.15) is 23.9 Å². The maximum atomic E-state index is 13.2. The van der Waals surface area contributed by atoms with Crippen LogP contribution in [-0.2, 0) is 36.8 Å². The van der Waals surface area contributed by atoms with E-state index in [1.807, 2.05) is 0 Å². The molecule has 0 aliphatic rings. The molecule has 2 aromatic carbocycles. The van der Waals surface area contributed by atoms with E-state index in [1.54, 1.807) is 42.5 Å². The zero-order valence-electron chi connectivity index (χ0n) is 21.2. The van der Waals surface area contributed by atoms with E-state index < -0.39 is 66.3 Å². The van der Waals surface area contributed by atoms with Crippen molar-refractivity contribution in [2.75, 3.05) is 0 Å². The lowest BCUT2D eigenvalue weighted by molar-refractivity contribution is -0.144. The number of benzene rings is 2. The average Bonchev–Trinajstić information content (AvgIpc) is 2.87. The summed E-state index contributed by atoms with van der Waals surface area (Å²) in [6.45, 7) is 1.20. The van der Waals surface area contributed by atoms with Crippen molar-refractivity contribution in [2.24, 2.45) is 11.5 Å². The molecule has 0 aliphatic carbocycles. The maximum absolute atomic E-state index is 13.2. The number of aliphatic hydroxyl groups excluding tert-OH is 1. The molecule has 0 aliphatic heterocycles. The quantitative estimate of drug-likeness (QED) is 0.135. The van der Waals surface area contributed by atoms with Crippen LogP contribution in [0.4, 0.5) is 0 Å². The van der Waals surface area contributed by atoms with Crippen molar-refractivity contribution in [1.82, 2.24) is 16.0 Å². The molecule has 13 nitrogen and oxygen atoms in total. The molecule has 4 amide bonds. The van der Waals surface area contributed by atoms with Crippen molar-refractivity contribution in [3.05, 3.63) is 65.7 Å². The Labute approximate surface area is 224 Å². The van der Waals surface area contributed by atoms with Gasteiger partial charge in [0.05, 0.1) is 18.6 Å². The molecule has 0 bridgehead atoms. The highest BCUT2D eigenvalue weighted by atomic mass is 16.4. The first-order valence-corrected chi connectivity index (χ1v) is 12.0. The molecule has 2 rings (SSSR count). The summed E-state index contributed by atoms with van der Waals surface area (Å²) in [5.41, 5.74) is 12.4. The van der Waals surface area contributed by atoms with Crippen LogP contribution >= 0.6 is 0 Å². The Balaban J connectivity index is 2.19. The summed E-state index contributed by atoms with van der Waals surface area (Å²) in [7, 11) is 0. The number of phenols is 1. The van der Waals surface area contributed by atoms with Crippen LogP contribution in [0.5, 0.6) is 5.75 Å². The van der Waals surface area contributed by atoms with Gasteiger partial charge in [-0.25, -0.2) is 4.79 Å². The van der Waals surface area contributed by atoms with Gasteiger partial charge in [0.25, 0.3) is 0 Å². The minimum atomic E-state index is -1.68. The number of aliphatic hydroxyl groups is 1. The van der Waals surface area contributed by atoms with Gasteiger partial charge in [-0.15, -0.1) is 0 Å². The van der Waals surface area contributed by atoms with Crippen molar-refractivity contribution < 1.29 is 39.3 Å². The van der Waals surface area contributed by atoms with E-state index in [-0.39, 0.29) is 18.6 Å². The number of carboxylic acids is 1. The van der Waals surface area contributed by atoms with Crippen molar-refractivity contribution in [2.45, 2.75) is 56.5 Å². The molecule has 0 fully saturated rings. The molecule has 5 unspecified atom stereocenters. The number of hydrogen-bond acceptors (Lipinski definition) is 8. The molecule has 13 heteroatoms. The zero-order chi connectivity index (χ0) is 29.1. The molecule has 0 saturated heterocycles. The summed E-state index contributed by atoms with van der Waals surface area (Å²) in [6.07, 6.45) is -2.05. The fourth-order valence-corrected chi connectivity index (χ4v) is 3.64. The fraction of sp³-hybridized carbons (Fsp3) is 0.346. The van der Waals surface area contributed by atoms with Gasteiger partial charge in [0.2, 0.25) is 23.6 Å². The molecule has 10 N–H and O–H groups in total. The number of nitrogens with two attached hydrogens (primary N) is 2. The first-order chi connectivity index (χ1) is 18.4. The Hall–Kier alpha value is -4.49. The van der Waals surface area contributed by atoms with E-state index in [9.17, 15) is 39.3 Å². The number of hydrogen-bond donors (Lipinski definition) is 8. The molecular formula is C26H33N5O8. The molecule has 5 atom stereocenters. The second kappa shape index (κ2) is 14.4. The van der Waals surface area contributed by atoms with Gasteiger partial charge >= 0.3 is 5.97 Å². The number of aliphatic carboxylic acids is 1. The monoisotopic (exact) mass is 543 g/mol. The van der Waals surface area contributed by atoms with Crippen molar-refractivity contribution in [3.8, 4) is 5.75 Å². The zero-order valence-corrected chi connectivity index (χ0v) is 21.2. The van der Waals surface area contributed by atoms with Crippen LogP contribution in [0.3, 0.4) is 0 Å². The summed E-state index contributed by atoms with van der Waals surface area (Å²) < 4.78 is 0. The number of nitrogens with one attached hydrogen (secondary N) is 3. The molecule has 0 aromatic heterocycles. The number of phenolic OH excluding ortho intramolecular Hbond substituents is 1. The SMILES string of the molecule is CC(O)C(NC(=O)C(Cc1ccccc1)NC(=O)C(N)Cc1ccc(O)cc1)C(=O)NC(CC(N)=O)C(=O)O. The number of carboxylic acid groups (broad SMARTS) is 1. The normalized spacial score (nSPS) is 14.6. The van der Waals surface area contributed by atoms with Crippen LogP contribution in [0.15, 0.2) is 54.6 Å². The highest BCUT2D eigenvalue weighted by Gasteiger charge is 2.33. The van der Waals surface area contributed by atoms with Gasteiger partial charge < -0.3 is 42.7 Å². The first kappa shape index (κ1) is 30.7. The van der Waals surface area contributed by atoms with Gasteiger partial charge in [-0.05, 0) is 36.6 Å². The predicted octanol–water partition coefficient (Wildman–Crippen LogP) is -1.70. The topological polar surface area (TPSA) is 234 Å². The van der Waals surface area contributed by atoms with Crippen LogP contribution in [0.1, 0.15) is 24.5 Å². The van der Waals surface area contributed by atoms with E-state index in [4.69, 9.17) is 11.5 Å². The molecule has 0 spiro atoms. The van der Waals surface area contributed by atoms with Gasteiger partial charge in [0, 0.05) is 6.42 Å². The highest BCUT2D eigenvalue weighted by molar-refractivity contribution is 5.95. The fourth-order valence-electron chi connectivity index (χ4n) is 3.64. The molecule has 0 radical (unpaired) electrons. The van der Waals surface area contributed by atoms with Crippen molar-refractivity contribution >= 4 is 29.6 Å². The van der Waals surface area contributed by atoms with E-state index in [0.29, 0.717) is 11.1 Å². The van der Waals surface area contributed by atoms with Crippen LogP contribution < -0.4 is 27.4 Å². The minimum absolute atomic E-state index is 0.0118. The van der Waals surface area contributed by atoms with Crippen LogP contribution in [0, 0.1) is 0 Å². The van der Waals surface area contributed by atoms with E-state index in [0.717, 1.165) is 0 Å². The molecule has 2 aromatic rings. The van der Waals surface area contributed by atoms with Crippen LogP contribution in [0.25, 0.3) is 0 Å². The third kappa shape index (κ3) is 10.1. The van der Waals surface area contributed by atoms with Crippen molar-refractivity contribution in [1.29, 1.82) is 0 Å². The largest absolute Gasteiger partial charge is 0.508 e. The lowest BCUT2D eigenvalue weighted by atomic mass is 10.0. The third-order valence-electron chi connectivity index (χ3n) is 5.73. The minimum Gasteiger partial charge on any atom is -0.508 e. The Morgan fingerprint density at radius 1 is 0.795 bits per heavy atom. The maximum Gasteiger partial charge on any atom is 0.326 e. The summed E-state index contributed by atoms with van der Waals surface area (Å²) in [5.74, 6) is -5.03. The Kier molecular flexibility index (Phi) is 11.4. The predicted molar refractivity (Wildman–Crippen MR) is 139 cm³/mol. The standard InChI is InChI=1S/C26H33N5O8/c1-14(32)22(25(37)30-20(26(38)39)13-21(28)34)31-24(36)19(12-15-5-3-2-4-6-15)29-23(35)18(27)11-16-7-9-17(33)10-8-16/h2-10,14,18-20,22,32-33H,11-13,27H2,1H3,(H2,28,34)(H,29,35)(H,30,37)(H,31,36)(H,38,39). The summed E-state index contributed by atoms with van der Waals surface area (Å²) >= 11 is 0. The number of rotatable bonds is 14. The van der Waals surface area contributed by atoms with E-state index in [1.165, 1.54) is 19.1 Å². The second-order valence-electron chi connectivity index (χ2n) is 9.02. The molecular weight excluding hydrogens is 510 g/mol. The third-order valence-corrected chi connectivity index (χ3v) is 5.73. The molecule has 210 valence electrons. The lowest BCUT2D eigenvalue weighted by Gasteiger charge is -2.26. The lowest BCUT2D eigenvalue weighted by Crippen LogP contribution is -2.60. The molecule has 0 heterocycles. The second-order valence-corrected chi connectivity index (χ2v) is 9.02. The van der Waals surface area contributed by atoms with Gasteiger partial charge in [-0.1, -0.05) is 42.5 Å². The smallest absolute Gasteiger partial charge is 0.326 e. The Morgan fingerprint density at radius 3 is 1.90 bits per heavy atom. The summed E-state index contributed by atoms with van der Waals surface area (Å²) in [4.78, 5) is 61.4. The molecule has 39 heavy (non-hydrogen) atoms. The molecule has 0 saturated carbocycles. The summed E-state index contributed by atoms with van der Waals surface area (Å²) in [5, 5.41) is 35.8. The number of aromatic hydroxyl groups is 1. The number of carbonyl (C=O) groups is 5. The Morgan fingerprint density at radius 2 is 1.36 bits per heavy atom. The number of amides is 4. The number of primary amides is 1. The van der Waals surface area contributed by atoms with Crippen LogP contribution in [0.2, 0.25) is 0 Å². The summed E-state index contributed by atoms with van der Waals surface area (Å²) in [6, 6.07) is 9.22. The average molecular weight is 544 g/mol. The first-order valence-electron chi connectivity index (χ1n) is 12.0. The van der Waals surface area contributed by atoms with E-state index >= 15 is 0 Å². The van der Waals surface area contributed by atoms with Gasteiger partial charge in [-0.2, -0.15) is 0 Å². The van der Waals surface area contributed by atoms with Crippen LogP contribution in [-0.4, -0.2) is 75.2 Å². The Bertz CT molecular complexity index is 1160.